The first-order valence-electron chi connectivity index (χ1n) is 13.9. The highest BCUT2D eigenvalue weighted by molar-refractivity contribution is 5.89. The second kappa shape index (κ2) is 14.0. The van der Waals surface area contributed by atoms with Crippen LogP contribution in [0.1, 0.15) is 43.4 Å². The van der Waals surface area contributed by atoms with Crippen LogP contribution in [0.25, 0.3) is 11.0 Å². The van der Waals surface area contributed by atoms with Crippen molar-refractivity contribution in [3.8, 4) is 5.75 Å². The summed E-state index contributed by atoms with van der Waals surface area (Å²) >= 11 is 0. The van der Waals surface area contributed by atoms with Gasteiger partial charge in [0.15, 0.2) is 5.58 Å². The Kier molecular flexibility index (Phi) is 10.2. The van der Waals surface area contributed by atoms with Crippen molar-refractivity contribution in [2.75, 3.05) is 38.7 Å². The second-order valence-electron chi connectivity index (χ2n) is 10.9. The fourth-order valence-corrected chi connectivity index (χ4v) is 4.97. The number of ether oxygens (including phenoxy) is 1. The van der Waals surface area contributed by atoms with Gasteiger partial charge in [-0.1, -0.05) is 23.4 Å². The van der Waals surface area contributed by atoms with Gasteiger partial charge < -0.3 is 29.3 Å². The van der Waals surface area contributed by atoms with Crippen LogP contribution in [0, 0.1) is 11.8 Å². The van der Waals surface area contributed by atoms with Crippen LogP contribution < -0.4 is 9.64 Å². The predicted molar refractivity (Wildman–Crippen MR) is 154 cm³/mol. The van der Waals surface area contributed by atoms with E-state index < -0.39 is 11.9 Å². The number of aliphatic carboxylic acids is 2. The molecule has 1 aliphatic heterocycles. The van der Waals surface area contributed by atoms with E-state index in [0.717, 1.165) is 72.5 Å². The molecule has 9 nitrogen and oxygen atoms in total. The zero-order chi connectivity index (χ0) is 28.5. The minimum Gasteiger partial charge on any atom is -0.493 e. The molecule has 9 heteroatoms. The van der Waals surface area contributed by atoms with Gasteiger partial charge in [0, 0.05) is 42.9 Å². The number of hydrogen-bond donors (Lipinski definition) is 2. The van der Waals surface area contributed by atoms with Crippen molar-refractivity contribution < 1.29 is 29.1 Å². The van der Waals surface area contributed by atoms with Crippen molar-refractivity contribution in [2.45, 2.75) is 45.1 Å². The van der Waals surface area contributed by atoms with Crippen LogP contribution >= 0.6 is 0 Å². The monoisotopic (exact) mass is 549 g/mol. The van der Waals surface area contributed by atoms with Crippen LogP contribution in [0.2, 0.25) is 0 Å². The van der Waals surface area contributed by atoms with Crippen molar-refractivity contribution in [1.82, 2.24) is 10.1 Å². The number of carboxylic acid groups (broad SMARTS) is 2. The zero-order valence-electron chi connectivity index (χ0n) is 23.3. The molecule has 1 saturated heterocycles. The summed E-state index contributed by atoms with van der Waals surface area (Å²) in [6, 6.07) is 15.1. The lowest BCUT2D eigenvalue weighted by atomic mass is 9.91. The maximum Gasteiger partial charge on any atom is 0.328 e. The molecule has 3 aromatic rings. The molecule has 1 aliphatic carbocycles. The molecule has 1 aromatic heterocycles. The molecule has 214 valence electrons. The number of aromatic nitrogens is 1. The standard InChI is InChI=1S/C27H35N3O2.C4H4O4/c1-29(2)18-24-26(31-19-21-8-9-21)13-11-23-25(28-32-27(23)24)12-10-20-14-16-30(17-15-20)22-6-4-3-5-7-22;5-3(6)1-2-4(7)8/h3-7,11,13,20-21H,8-10,12,14-19H2,1-2H3;1-2H,(H,5,6)(H,7,8). The highest BCUT2D eigenvalue weighted by atomic mass is 16.5. The Balaban J connectivity index is 0.000000406. The Labute approximate surface area is 235 Å². The quantitative estimate of drug-likeness (QED) is 0.310. The molecule has 2 fully saturated rings. The lowest BCUT2D eigenvalue weighted by molar-refractivity contribution is -0.134. The van der Waals surface area contributed by atoms with Gasteiger partial charge in [-0.3, -0.25) is 0 Å². The Morgan fingerprint density at radius 1 is 1.00 bits per heavy atom. The van der Waals surface area contributed by atoms with Gasteiger partial charge in [-0.05, 0) is 88.7 Å². The fraction of sp³-hybridized carbons (Fsp3) is 0.452. The van der Waals surface area contributed by atoms with Crippen molar-refractivity contribution in [3.63, 3.8) is 0 Å². The van der Waals surface area contributed by atoms with E-state index in [1.807, 2.05) is 0 Å². The summed E-state index contributed by atoms with van der Waals surface area (Å²) in [5.74, 6) is -0.0745. The SMILES string of the molecule is CN(C)Cc1c(OCC2CC2)ccc2c(CCC3CCN(c4ccccc4)CC3)noc12.O=C(O)C=CC(=O)O. The fourth-order valence-electron chi connectivity index (χ4n) is 4.97. The summed E-state index contributed by atoms with van der Waals surface area (Å²) in [5, 5.41) is 21.3. The Morgan fingerprint density at radius 2 is 1.68 bits per heavy atom. The number of rotatable bonds is 11. The topological polar surface area (TPSA) is 116 Å². The van der Waals surface area contributed by atoms with E-state index in [1.165, 1.54) is 37.8 Å². The van der Waals surface area contributed by atoms with Gasteiger partial charge in [0.05, 0.1) is 17.9 Å². The first-order chi connectivity index (χ1) is 19.3. The van der Waals surface area contributed by atoms with Gasteiger partial charge in [-0.2, -0.15) is 0 Å². The number of carboxylic acids is 2. The molecular weight excluding hydrogens is 510 g/mol. The van der Waals surface area contributed by atoms with Gasteiger partial charge >= 0.3 is 11.9 Å². The van der Waals surface area contributed by atoms with Gasteiger partial charge in [0.2, 0.25) is 0 Å². The van der Waals surface area contributed by atoms with Gasteiger partial charge in [-0.25, -0.2) is 9.59 Å². The minimum atomic E-state index is -1.26. The molecule has 1 saturated carbocycles. The van der Waals surface area contributed by atoms with Crippen LogP contribution in [0.3, 0.4) is 0 Å². The van der Waals surface area contributed by atoms with E-state index in [2.05, 4.69) is 71.5 Å². The Bertz CT molecular complexity index is 1280. The van der Waals surface area contributed by atoms with Crippen LogP contribution in [0.15, 0.2) is 59.1 Å². The van der Waals surface area contributed by atoms with Gasteiger partial charge in [0.1, 0.15) is 5.75 Å². The molecule has 0 unspecified atom stereocenters. The van der Waals surface area contributed by atoms with E-state index in [1.54, 1.807) is 0 Å². The van der Waals surface area contributed by atoms with Crippen LogP contribution in [0.5, 0.6) is 5.75 Å². The summed E-state index contributed by atoms with van der Waals surface area (Å²) in [7, 11) is 4.17. The van der Waals surface area contributed by atoms with Gasteiger partial charge in [0.25, 0.3) is 0 Å². The van der Waals surface area contributed by atoms with Crippen molar-refractivity contribution in [3.05, 3.63) is 65.9 Å². The number of nitrogens with zero attached hydrogens (tertiary/aromatic N) is 3. The summed E-state index contributed by atoms with van der Waals surface area (Å²) in [6.45, 7) is 3.89. The van der Waals surface area contributed by atoms with E-state index >= 15 is 0 Å². The molecule has 5 rings (SSSR count). The number of carbonyl (C=O) groups is 2. The number of para-hydroxylation sites is 1. The molecule has 2 aliphatic rings. The highest BCUT2D eigenvalue weighted by Gasteiger charge is 2.24. The van der Waals surface area contributed by atoms with E-state index in [4.69, 9.17) is 19.5 Å². The molecule has 0 bridgehead atoms. The molecular formula is C31H39N3O6. The molecule has 2 heterocycles. The molecule has 0 radical (unpaired) electrons. The number of fused-ring (bicyclic) bond motifs is 1. The third-order valence-corrected chi connectivity index (χ3v) is 7.32. The average Bonchev–Trinajstić information content (AvgIpc) is 3.68. The van der Waals surface area contributed by atoms with Crippen LogP contribution in [-0.4, -0.2) is 66.0 Å². The maximum absolute atomic E-state index is 9.55. The summed E-state index contributed by atoms with van der Waals surface area (Å²) in [6.07, 6.45) is 8.35. The van der Waals surface area contributed by atoms with E-state index in [0.29, 0.717) is 12.2 Å². The smallest absolute Gasteiger partial charge is 0.328 e. The van der Waals surface area contributed by atoms with Gasteiger partial charge in [-0.15, -0.1) is 0 Å². The molecule has 40 heavy (non-hydrogen) atoms. The van der Waals surface area contributed by atoms with Crippen molar-refractivity contribution in [1.29, 1.82) is 0 Å². The van der Waals surface area contributed by atoms with Crippen LogP contribution in [0.4, 0.5) is 5.69 Å². The van der Waals surface area contributed by atoms with Crippen molar-refractivity contribution in [2.24, 2.45) is 11.8 Å². The molecule has 0 spiro atoms. The first kappa shape index (κ1) is 29.1. The molecule has 0 amide bonds. The maximum atomic E-state index is 9.55. The summed E-state index contributed by atoms with van der Waals surface area (Å²) < 4.78 is 12.1. The lowest BCUT2D eigenvalue weighted by Crippen LogP contribution is -2.33. The van der Waals surface area contributed by atoms with E-state index in [9.17, 15) is 9.59 Å². The first-order valence-corrected chi connectivity index (χ1v) is 13.9. The van der Waals surface area contributed by atoms with E-state index in [-0.39, 0.29) is 0 Å². The van der Waals surface area contributed by atoms with Crippen molar-refractivity contribution >= 4 is 28.6 Å². The normalized spacial score (nSPS) is 15.8. The molecule has 2 N–H and O–H groups in total. The third kappa shape index (κ3) is 8.58. The summed E-state index contributed by atoms with van der Waals surface area (Å²) in [4.78, 5) is 23.8. The highest BCUT2D eigenvalue weighted by Crippen LogP contribution is 2.35. The second-order valence-corrected chi connectivity index (χ2v) is 10.9. The third-order valence-electron chi connectivity index (χ3n) is 7.32. The number of benzene rings is 2. The predicted octanol–water partition coefficient (Wildman–Crippen LogP) is 5.24. The van der Waals surface area contributed by atoms with Crippen LogP contribution in [-0.2, 0) is 22.6 Å². The Morgan fingerprint density at radius 3 is 2.27 bits per heavy atom. The average molecular weight is 550 g/mol. The molecule has 0 atom stereocenters. The number of aryl methyl sites for hydroxylation is 1. The number of hydrogen-bond acceptors (Lipinski definition) is 7. The Hall–Kier alpha value is -3.85. The lowest BCUT2D eigenvalue weighted by Gasteiger charge is -2.33. The minimum absolute atomic E-state index is 0.558. The number of anilines is 1. The summed E-state index contributed by atoms with van der Waals surface area (Å²) in [5.41, 5.74) is 4.48. The largest absolute Gasteiger partial charge is 0.493 e. The number of piperidine rings is 1. The molecule has 2 aromatic carbocycles. The zero-order valence-corrected chi connectivity index (χ0v) is 23.3.